The van der Waals surface area contributed by atoms with E-state index in [4.69, 9.17) is 42.7 Å². The van der Waals surface area contributed by atoms with Crippen LogP contribution in [-0.4, -0.2) is 54.3 Å². The van der Waals surface area contributed by atoms with Crippen LogP contribution in [0.15, 0.2) is 132 Å². The molecule has 0 saturated carbocycles. The Morgan fingerprint density at radius 1 is 0.846 bits per heavy atom. The van der Waals surface area contributed by atoms with Gasteiger partial charge in [-0.3, -0.25) is 9.59 Å². The molecule has 2 amide bonds. The minimum absolute atomic E-state index is 0.0796. The van der Waals surface area contributed by atoms with Crippen LogP contribution < -0.4 is 24.8 Å². The number of nitrogens with zero attached hydrogens (tertiary/aromatic N) is 2. The Morgan fingerprint density at radius 2 is 1.51 bits per heavy atom. The first-order valence-corrected chi connectivity index (χ1v) is 22.6. The van der Waals surface area contributed by atoms with Crippen molar-refractivity contribution in [3.63, 3.8) is 0 Å². The largest absolute Gasteiger partial charge is 0.489 e. The zero-order chi connectivity index (χ0) is 45.8. The average Bonchev–Trinajstić information content (AvgIpc) is 3.30. The number of fused-ring (bicyclic) bond motifs is 2. The Balaban J connectivity index is 1.02. The maximum atomic E-state index is 14.5. The predicted molar refractivity (Wildman–Crippen MR) is 243 cm³/mol. The van der Waals surface area contributed by atoms with Gasteiger partial charge in [-0.15, -0.1) is 0 Å². The van der Waals surface area contributed by atoms with E-state index in [0.717, 1.165) is 26.6 Å². The van der Waals surface area contributed by atoms with E-state index < -0.39 is 40.1 Å². The summed E-state index contributed by atoms with van der Waals surface area (Å²) >= 11 is 12.2. The summed E-state index contributed by atoms with van der Waals surface area (Å²) in [5, 5.41) is 25.6. The Hall–Kier alpha value is -6.89. The number of halogens is 2. The van der Waals surface area contributed by atoms with Gasteiger partial charge < -0.3 is 30.0 Å². The van der Waals surface area contributed by atoms with Crippen LogP contribution in [0.1, 0.15) is 46.4 Å². The molecule has 1 unspecified atom stereocenters. The van der Waals surface area contributed by atoms with Crippen LogP contribution in [-0.2, 0) is 50.4 Å². The molecule has 65 heavy (non-hydrogen) atoms. The fourth-order valence-corrected chi connectivity index (χ4v) is 9.55. The number of aliphatic carboxylic acids is 1. The van der Waals surface area contributed by atoms with E-state index in [0.29, 0.717) is 55.2 Å². The molecule has 0 spiro atoms. The lowest BCUT2D eigenvalue weighted by atomic mass is 9.93. The molecule has 2 aliphatic heterocycles. The molecule has 16 heteroatoms. The van der Waals surface area contributed by atoms with Gasteiger partial charge in [-0.2, -0.15) is 9.57 Å². The lowest BCUT2D eigenvalue weighted by molar-refractivity contribution is -0.142. The van der Waals surface area contributed by atoms with Crippen molar-refractivity contribution >= 4 is 56.7 Å². The Bertz CT molecular complexity index is 2930. The number of carbonyl (C=O) groups is 3. The Labute approximate surface area is 385 Å². The highest BCUT2D eigenvalue weighted by atomic mass is 35.5. The molecule has 6 aromatic rings. The fourth-order valence-electron chi connectivity index (χ4n) is 7.67. The second-order valence-corrected chi connectivity index (χ2v) is 18.3. The number of benzene rings is 6. The summed E-state index contributed by atoms with van der Waals surface area (Å²) in [7, 11) is -4.40. The quantitative estimate of drug-likeness (QED) is 0.101. The third kappa shape index (κ3) is 10.2. The summed E-state index contributed by atoms with van der Waals surface area (Å²) in [6, 6.07) is 35.2. The molecule has 8 rings (SSSR count). The molecule has 0 saturated heterocycles. The van der Waals surface area contributed by atoms with Crippen LogP contribution in [0.2, 0.25) is 10.0 Å². The maximum absolute atomic E-state index is 14.5. The summed E-state index contributed by atoms with van der Waals surface area (Å²) in [5.74, 6) is -1.00. The van der Waals surface area contributed by atoms with Crippen molar-refractivity contribution < 1.29 is 42.1 Å². The third-order valence-corrected chi connectivity index (χ3v) is 13.7. The van der Waals surface area contributed by atoms with Crippen molar-refractivity contribution in [3.8, 4) is 34.4 Å². The average molecular weight is 932 g/mol. The number of nitrogens with one attached hydrogen (secondary N) is 2. The first-order chi connectivity index (χ1) is 31.2. The van der Waals surface area contributed by atoms with Crippen LogP contribution in [0.25, 0.3) is 11.1 Å². The first kappa shape index (κ1) is 44.7. The highest BCUT2D eigenvalue weighted by molar-refractivity contribution is 7.89. The topological polar surface area (TPSA) is 184 Å². The van der Waals surface area contributed by atoms with E-state index in [1.807, 2.05) is 54.6 Å². The Kier molecular flexibility index (Phi) is 13.1. The van der Waals surface area contributed by atoms with Crippen LogP contribution in [0.4, 0.5) is 5.69 Å². The van der Waals surface area contributed by atoms with Crippen LogP contribution in [0, 0.1) is 11.3 Å². The van der Waals surface area contributed by atoms with Crippen molar-refractivity contribution in [2.75, 3.05) is 11.9 Å². The molecule has 330 valence electrons. The van der Waals surface area contributed by atoms with E-state index in [1.54, 1.807) is 48.5 Å². The van der Waals surface area contributed by atoms with E-state index in [1.165, 1.54) is 31.2 Å². The van der Waals surface area contributed by atoms with Crippen molar-refractivity contribution in [3.05, 3.63) is 171 Å². The summed E-state index contributed by atoms with van der Waals surface area (Å²) < 4.78 is 48.6. The van der Waals surface area contributed by atoms with E-state index >= 15 is 0 Å². The molecule has 0 radical (unpaired) electrons. The van der Waals surface area contributed by atoms with Gasteiger partial charge in [0.05, 0.1) is 26.6 Å². The number of hydrogen-bond acceptors (Lipinski definition) is 9. The molecular formula is C49H40Cl2N4O9S. The van der Waals surface area contributed by atoms with Crippen molar-refractivity contribution in [1.29, 1.82) is 5.26 Å². The maximum Gasteiger partial charge on any atom is 0.326 e. The predicted octanol–water partition coefficient (Wildman–Crippen LogP) is 8.51. The molecule has 6 aromatic carbocycles. The first-order valence-electron chi connectivity index (χ1n) is 20.4. The standard InChI is InChI=1S/C49H40Cl2N4O9S/c1-29(56)53-38-13-17-40(18-14-38)65(60,61)55-26-37-24-46-45(63-28-47(64-46)35-11-15-39(16-12-35)62-27-32-6-19-41(50)42(51)20-32)23-36(37)22-44(55)48(57)54-43(49(58)59)21-30-2-7-33(8-3-30)34-9-4-31(25-52)5-10-34/h2-20,23-24,43-44,47H,21-22,26-28H2,1H3,(H,53,56)(H,54,57)(H,58,59)/t43-,44?,47+/m0/s1. The number of carbonyl (C=O) groups excluding carboxylic acids is 2. The summed E-state index contributed by atoms with van der Waals surface area (Å²) in [5.41, 5.74) is 6.12. The SMILES string of the molecule is CC(=O)Nc1ccc(S(=O)(=O)N2Cc3cc4c(cc3CC2C(=O)N[C@@H](Cc2ccc(-c3ccc(C#N)cc3)cc2)C(=O)O)OC[C@H](c2ccc(OCc3ccc(Cl)c(Cl)c3)cc2)O4)cc1. The number of sulfonamides is 1. The van der Waals surface area contributed by atoms with Gasteiger partial charge in [-0.1, -0.05) is 77.8 Å². The van der Waals surface area contributed by atoms with E-state index in [2.05, 4.69) is 16.7 Å². The molecule has 0 aliphatic carbocycles. The Morgan fingerprint density at radius 3 is 2.15 bits per heavy atom. The highest BCUT2D eigenvalue weighted by Gasteiger charge is 2.42. The van der Waals surface area contributed by atoms with Gasteiger partial charge in [-0.25, -0.2) is 13.2 Å². The molecule has 0 fully saturated rings. The zero-order valence-electron chi connectivity index (χ0n) is 34.7. The number of anilines is 1. The number of carboxylic acids is 1. The third-order valence-electron chi connectivity index (χ3n) is 11.1. The molecular weight excluding hydrogens is 892 g/mol. The molecule has 3 N–H and O–H groups in total. The second kappa shape index (κ2) is 19.1. The van der Waals surface area contributed by atoms with Crippen LogP contribution >= 0.6 is 23.2 Å². The monoisotopic (exact) mass is 930 g/mol. The number of hydrogen-bond donors (Lipinski definition) is 3. The molecule has 3 atom stereocenters. The van der Waals surface area contributed by atoms with Gasteiger partial charge in [0.1, 0.15) is 31.0 Å². The summed E-state index contributed by atoms with van der Waals surface area (Å²) in [4.78, 5) is 38.5. The zero-order valence-corrected chi connectivity index (χ0v) is 37.0. The minimum atomic E-state index is -4.40. The van der Waals surface area contributed by atoms with Crippen molar-refractivity contribution in [2.24, 2.45) is 0 Å². The highest BCUT2D eigenvalue weighted by Crippen LogP contribution is 2.42. The van der Waals surface area contributed by atoms with Gasteiger partial charge in [0.2, 0.25) is 21.8 Å². The fraction of sp³-hybridized carbons (Fsp3) is 0.184. The van der Waals surface area contributed by atoms with Gasteiger partial charge >= 0.3 is 5.97 Å². The molecule has 2 aliphatic rings. The smallest absolute Gasteiger partial charge is 0.326 e. The minimum Gasteiger partial charge on any atom is -0.489 e. The van der Waals surface area contributed by atoms with Gasteiger partial charge in [-0.05, 0) is 118 Å². The molecule has 2 heterocycles. The van der Waals surface area contributed by atoms with Crippen LogP contribution in [0.5, 0.6) is 17.2 Å². The summed E-state index contributed by atoms with van der Waals surface area (Å²) in [6.45, 7) is 1.54. The van der Waals surface area contributed by atoms with Gasteiger partial charge in [0, 0.05) is 25.6 Å². The lowest BCUT2D eigenvalue weighted by Crippen LogP contribution is -2.55. The normalized spacial score (nSPS) is 16.0. The molecule has 0 aromatic heterocycles. The summed E-state index contributed by atoms with van der Waals surface area (Å²) in [6.07, 6.45) is -0.683. The van der Waals surface area contributed by atoms with E-state index in [9.17, 15) is 27.9 Å². The number of nitriles is 1. The second-order valence-electron chi connectivity index (χ2n) is 15.6. The van der Waals surface area contributed by atoms with E-state index in [-0.39, 0.29) is 43.4 Å². The lowest BCUT2D eigenvalue weighted by Gasteiger charge is -2.37. The molecule has 0 bridgehead atoms. The van der Waals surface area contributed by atoms with Crippen molar-refractivity contribution in [1.82, 2.24) is 9.62 Å². The van der Waals surface area contributed by atoms with Gasteiger partial charge in [0.25, 0.3) is 0 Å². The number of amides is 2. The van der Waals surface area contributed by atoms with Gasteiger partial charge in [0.15, 0.2) is 17.6 Å². The molecule has 13 nitrogen and oxygen atoms in total. The number of rotatable bonds is 13. The number of ether oxygens (including phenoxy) is 3. The number of carboxylic acid groups (broad SMARTS) is 1. The van der Waals surface area contributed by atoms with Crippen LogP contribution in [0.3, 0.4) is 0 Å². The van der Waals surface area contributed by atoms with Crippen molar-refractivity contribution in [2.45, 2.75) is 56.0 Å².